The predicted octanol–water partition coefficient (Wildman–Crippen LogP) is 4.61. The molecule has 3 aromatic rings. The maximum atomic E-state index is 14.9. The molecule has 2 aromatic heterocycles. The summed E-state index contributed by atoms with van der Waals surface area (Å²) in [5, 5.41) is 13.7. The van der Waals surface area contributed by atoms with Crippen LogP contribution in [0.3, 0.4) is 0 Å². The number of thiophene rings is 1. The minimum Gasteiger partial charge on any atom is -0.388 e. The van der Waals surface area contributed by atoms with Crippen LogP contribution in [0.2, 0.25) is 0 Å². The molecule has 0 saturated carbocycles. The van der Waals surface area contributed by atoms with E-state index in [2.05, 4.69) is 15.2 Å². The van der Waals surface area contributed by atoms with Crippen LogP contribution >= 0.6 is 18.8 Å². The molecule has 1 aliphatic rings. The van der Waals surface area contributed by atoms with Gasteiger partial charge >= 0.3 is 0 Å². The molecule has 1 atom stereocenters. The maximum absolute atomic E-state index is 14.9. The number of anilines is 2. The first kappa shape index (κ1) is 25.7. The Hall–Kier alpha value is -2.42. The number of rotatable bonds is 8. The number of hydrogen-bond acceptors (Lipinski definition) is 7. The van der Waals surface area contributed by atoms with E-state index in [1.165, 1.54) is 17.4 Å². The van der Waals surface area contributed by atoms with E-state index in [0.29, 0.717) is 39.8 Å². The van der Waals surface area contributed by atoms with Gasteiger partial charge in [0, 0.05) is 30.1 Å². The number of benzene rings is 1. The fourth-order valence-corrected chi connectivity index (χ4v) is 6.80. The molecule has 1 unspecified atom stereocenters. The molecule has 1 saturated heterocycles. The molecule has 1 amide bonds. The van der Waals surface area contributed by atoms with Crippen molar-refractivity contribution < 1.29 is 19.2 Å². The molecular formula is C25H31FN4O3PS+. The van der Waals surface area contributed by atoms with E-state index in [4.69, 9.17) is 5.73 Å². The maximum Gasteiger partial charge on any atom is 0.251 e. The largest absolute Gasteiger partial charge is 0.388 e. The molecule has 10 heteroatoms. The van der Waals surface area contributed by atoms with E-state index < -0.39 is 25.3 Å². The molecule has 5 N–H and O–H groups in total. The van der Waals surface area contributed by atoms with Crippen molar-refractivity contribution in [2.45, 2.75) is 26.0 Å². The monoisotopic (exact) mass is 517 g/mol. The summed E-state index contributed by atoms with van der Waals surface area (Å²) in [5.74, 6) is -0.521. The van der Waals surface area contributed by atoms with Gasteiger partial charge in [-0.3, -0.25) is 14.6 Å². The Kier molecular flexibility index (Phi) is 7.83. The van der Waals surface area contributed by atoms with Gasteiger partial charge in [-0.25, -0.2) is 9.37 Å². The molecule has 0 aliphatic carbocycles. The second kappa shape index (κ2) is 10.7. The van der Waals surface area contributed by atoms with Crippen molar-refractivity contribution in [2.24, 2.45) is 5.73 Å². The van der Waals surface area contributed by atoms with Crippen molar-refractivity contribution in [3.05, 3.63) is 65.1 Å². The third kappa shape index (κ3) is 6.23. The molecule has 0 spiro atoms. The van der Waals surface area contributed by atoms with Crippen molar-refractivity contribution in [3.63, 3.8) is 0 Å². The SMILES string of the molecule is CCC(O)c1ccc(-c2cc(C(N)=O)c(Nc3cccc(CN4CC[P+](C)(O)CC4)n3)s2)c(F)c1. The Balaban J connectivity index is 1.54. The number of amides is 1. The summed E-state index contributed by atoms with van der Waals surface area (Å²) >= 11 is 1.22. The first-order chi connectivity index (χ1) is 16.6. The summed E-state index contributed by atoms with van der Waals surface area (Å²) in [5.41, 5.74) is 7.60. The van der Waals surface area contributed by atoms with Crippen LogP contribution in [0.15, 0.2) is 42.5 Å². The molecule has 186 valence electrons. The van der Waals surface area contributed by atoms with Gasteiger partial charge in [0.15, 0.2) is 0 Å². The third-order valence-corrected chi connectivity index (χ3v) is 9.67. The normalized spacial score (nSPS) is 16.7. The Labute approximate surface area is 209 Å². The molecular weight excluding hydrogens is 486 g/mol. The molecule has 0 radical (unpaired) electrons. The number of aromatic nitrogens is 1. The number of nitrogens with one attached hydrogen (secondary N) is 1. The van der Waals surface area contributed by atoms with Crippen LogP contribution < -0.4 is 11.1 Å². The standard InChI is InChI=1S/C25H30FN4O3PS/c1-3-21(31)16-7-8-18(20(26)13-16)22-14-19(24(27)32)25(35-22)29-23-6-4-5-17(28-23)15-30-9-11-34(2,33)12-10-30/h4-8,13-14,21,31,33H,3,9-12,15H2,1-2H3,(H2-,27,28,29,32)/p+1. The lowest BCUT2D eigenvalue weighted by molar-refractivity contribution is 0.100. The molecule has 0 bridgehead atoms. The zero-order chi connectivity index (χ0) is 25.2. The number of nitrogens with two attached hydrogens (primary N) is 1. The first-order valence-electron chi connectivity index (χ1n) is 11.6. The summed E-state index contributed by atoms with van der Waals surface area (Å²) in [6.07, 6.45) is 1.43. The molecule has 3 heterocycles. The van der Waals surface area contributed by atoms with E-state index in [1.54, 1.807) is 18.2 Å². The van der Waals surface area contributed by atoms with Gasteiger partial charge in [-0.05, 0) is 36.2 Å². The highest BCUT2D eigenvalue weighted by molar-refractivity contribution is 7.69. The van der Waals surface area contributed by atoms with Gasteiger partial charge < -0.3 is 16.2 Å². The molecule has 35 heavy (non-hydrogen) atoms. The van der Waals surface area contributed by atoms with E-state index in [9.17, 15) is 19.2 Å². The number of carbonyl (C=O) groups is 1. The Bertz CT molecular complexity index is 1210. The lowest BCUT2D eigenvalue weighted by Gasteiger charge is -2.30. The predicted molar refractivity (Wildman–Crippen MR) is 141 cm³/mol. The van der Waals surface area contributed by atoms with Gasteiger partial charge in [0.1, 0.15) is 24.1 Å². The average Bonchev–Trinajstić information content (AvgIpc) is 3.24. The summed E-state index contributed by atoms with van der Waals surface area (Å²) in [4.78, 5) is 29.9. The third-order valence-electron chi connectivity index (χ3n) is 6.26. The fourth-order valence-electron chi connectivity index (χ4n) is 4.05. The van der Waals surface area contributed by atoms with Crippen LogP contribution in [0.4, 0.5) is 15.2 Å². The van der Waals surface area contributed by atoms with Crippen molar-refractivity contribution in [2.75, 3.05) is 37.4 Å². The van der Waals surface area contributed by atoms with Crippen LogP contribution in [0.5, 0.6) is 0 Å². The highest BCUT2D eigenvalue weighted by Gasteiger charge is 2.34. The van der Waals surface area contributed by atoms with Crippen LogP contribution in [-0.4, -0.2) is 57.9 Å². The minimum absolute atomic E-state index is 0.261. The molecule has 1 aromatic carbocycles. The number of aliphatic hydroxyl groups is 1. The minimum atomic E-state index is -1.74. The van der Waals surface area contributed by atoms with Gasteiger partial charge in [-0.1, -0.05) is 25.1 Å². The van der Waals surface area contributed by atoms with Gasteiger partial charge in [-0.15, -0.1) is 11.3 Å². The summed E-state index contributed by atoms with van der Waals surface area (Å²) in [6.45, 7) is 6.18. The van der Waals surface area contributed by atoms with Gasteiger partial charge in [0.05, 0.1) is 36.3 Å². The van der Waals surface area contributed by atoms with Gasteiger partial charge in [-0.2, -0.15) is 0 Å². The Morgan fingerprint density at radius 1 is 1.29 bits per heavy atom. The Morgan fingerprint density at radius 2 is 2.03 bits per heavy atom. The average molecular weight is 518 g/mol. The summed E-state index contributed by atoms with van der Waals surface area (Å²) in [7, 11) is -1.74. The number of nitrogens with zero attached hydrogens (tertiary/aromatic N) is 2. The number of halogens is 1. The van der Waals surface area contributed by atoms with Crippen molar-refractivity contribution >= 4 is 35.6 Å². The second-order valence-electron chi connectivity index (χ2n) is 9.08. The van der Waals surface area contributed by atoms with E-state index in [0.717, 1.165) is 31.1 Å². The van der Waals surface area contributed by atoms with E-state index in [1.807, 2.05) is 31.8 Å². The fraction of sp³-hybridized carbons (Fsp3) is 0.360. The van der Waals surface area contributed by atoms with Crippen LogP contribution in [0.1, 0.15) is 41.1 Å². The summed E-state index contributed by atoms with van der Waals surface area (Å²) in [6, 6.07) is 11.9. The molecule has 1 fully saturated rings. The highest BCUT2D eigenvalue weighted by atomic mass is 32.1. The van der Waals surface area contributed by atoms with Crippen molar-refractivity contribution in [1.29, 1.82) is 0 Å². The number of primary amides is 1. The van der Waals surface area contributed by atoms with Gasteiger partial charge in [0.2, 0.25) is 0 Å². The van der Waals surface area contributed by atoms with Crippen LogP contribution in [0, 0.1) is 5.82 Å². The number of pyridine rings is 1. The first-order valence-corrected chi connectivity index (χ1v) is 15.0. The van der Waals surface area contributed by atoms with Crippen LogP contribution in [0.25, 0.3) is 10.4 Å². The van der Waals surface area contributed by atoms with Crippen molar-refractivity contribution in [1.82, 2.24) is 9.88 Å². The van der Waals surface area contributed by atoms with Crippen LogP contribution in [-0.2, 0) is 6.54 Å². The van der Waals surface area contributed by atoms with E-state index >= 15 is 0 Å². The molecule has 4 rings (SSSR count). The van der Waals surface area contributed by atoms with E-state index in [-0.39, 0.29) is 5.56 Å². The van der Waals surface area contributed by atoms with Crippen molar-refractivity contribution in [3.8, 4) is 10.4 Å². The number of hydrogen-bond donors (Lipinski definition) is 4. The zero-order valence-electron chi connectivity index (χ0n) is 19.9. The topological polar surface area (TPSA) is 112 Å². The zero-order valence-corrected chi connectivity index (χ0v) is 21.6. The highest BCUT2D eigenvalue weighted by Crippen LogP contribution is 2.51. The lowest BCUT2D eigenvalue weighted by Crippen LogP contribution is -2.36. The molecule has 1 aliphatic heterocycles. The quantitative estimate of drug-likeness (QED) is 0.325. The number of carbonyl (C=O) groups excluding carboxylic acids is 1. The van der Waals surface area contributed by atoms with Gasteiger partial charge in [0.25, 0.3) is 5.91 Å². The second-order valence-corrected chi connectivity index (χ2v) is 13.7. The summed E-state index contributed by atoms with van der Waals surface area (Å²) < 4.78 is 14.9. The smallest absolute Gasteiger partial charge is 0.251 e. The lowest BCUT2D eigenvalue weighted by atomic mass is 10.0. The Morgan fingerprint density at radius 3 is 2.69 bits per heavy atom. The molecule has 7 nitrogen and oxygen atoms in total. The number of aliphatic hydroxyl groups excluding tert-OH is 1.